The predicted octanol–water partition coefficient (Wildman–Crippen LogP) is 2.80. The first-order valence-corrected chi connectivity index (χ1v) is 5.18. The fourth-order valence-corrected chi connectivity index (χ4v) is 1.40. The Balaban J connectivity index is 2.60. The van der Waals surface area contributed by atoms with E-state index in [9.17, 15) is 9.18 Å². The van der Waals surface area contributed by atoms with Crippen LogP contribution in [0, 0.1) is 5.82 Å². The van der Waals surface area contributed by atoms with Crippen LogP contribution in [0.5, 0.6) is 0 Å². The van der Waals surface area contributed by atoms with E-state index in [2.05, 4.69) is 5.32 Å². The number of benzene rings is 1. The first-order valence-electron chi connectivity index (χ1n) is 5.18. The number of hydrogen-bond acceptors (Lipinski definition) is 1. The molecule has 0 saturated carbocycles. The molecule has 2 nitrogen and oxygen atoms in total. The molecular weight excluding hydrogens is 193 g/mol. The summed E-state index contributed by atoms with van der Waals surface area (Å²) in [5.74, 6) is -0.265. The van der Waals surface area contributed by atoms with Crippen LogP contribution in [0.1, 0.15) is 38.3 Å². The maximum absolute atomic E-state index is 12.9. The number of amides is 1. The number of carbonyl (C=O) groups is 1. The van der Waals surface area contributed by atoms with Crippen molar-refractivity contribution < 1.29 is 9.18 Å². The lowest BCUT2D eigenvalue weighted by atomic mass is 10.1. The fourth-order valence-electron chi connectivity index (χ4n) is 1.40. The summed E-state index contributed by atoms with van der Waals surface area (Å²) in [4.78, 5) is 11.3. The third-order valence-electron chi connectivity index (χ3n) is 2.20. The molecule has 0 radical (unpaired) electrons. The normalized spacial score (nSPS) is 12.2. The SMILES string of the molecule is CCCC(=O)NC(C)c1cccc(F)c1. The third-order valence-corrected chi connectivity index (χ3v) is 2.20. The van der Waals surface area contributed by atoms with Crippen LogP contribution >= 0.6 is 0 Å². The molecule has 1 aromatic carbocycles. The van der Waals surface area contributed by atoms with E-state index in [4.69, 9.17) is 0 Å². The van der Waals surface area contributed by atoms with E-state index in [1.165, 1.54) is 12.1 Å². The van der Waals surface area contributed by atoms with Crippen LogP contribution in [0.4, 0.5) is 4.39 Å². The molecule has 82 valence electrons. The Morgan fingerprint density at radius 1 is 1.53 bits per heavy atom. The molecule has 1 aromatic rings. The van der Waals surface area contributed by atoms with E-state index in [1.54, 1.807) is 12.1 Å². The van der Waals surface area contributed by atoms with Gasteiger partial charge in [0.05, 0.1) is 6.04 Å². The average Bonchev–Trinajstić information content (AvgIpc) is 2.18. The Hall–Kier alpha value is -1.38. The first kappa shape index (κ1) is 11.7. The lowest BCUT2D eigenvalue weighted by molar-refractivity contribution is -0.121. The zero-order chi connectivity index (χ0) is 11.3. The van der Waals surface area contributed by atoms with Crippen molar-refractivity contribution in [1.29, 1.82) is 0 Å². The number of hydrogen-bond donors (Lipinski definition) is 1. The van der Waals surface area contributed by atoms with Gasteiger partial charge in [-0.1, -0.05) is 19.1 Å². The quantitative estimate of drug-likeness (QED) is 0.811. The highest BCUT2D eigenvalue weighted by molar-refractivity contribution is 5.76. The molecule has 15 heavy (non-hydrogen) atoms. The van der Waals surface area contributed by atoms with Crippen molar-refractivity contribution in [2.45, 2.75) is 32.7 Å². The minimum atomic E-state index is -0.274. The second-order valence-electron chi connectivity index (χ2n) is 3.59. The monoisotopic (exact) mass is 209 g/mol. The molecule has 1 rings (SSSR count). The molecule has 0 heterocycles. The molecular formula is C12H16FNO. The van der Waals surface area contributed by atoms with E-state index in [-0.39, 0.29) is 17.8 Å². The molecule has 0 aliphatic rings. The van der Waals surface area contributed by atoms with Crippen molar-refractivity contribution in [3.63, 3.8) is 0 Å². The van der Waals surface area contributed by atoms with Gasteiger partial charge in [-0.25, -0.2) is 4.39 Å². The van der Waals surface area contributed by atoms with Crippen molar-refractivity contribution >= 4 is 5.91 Å². The van der Waals surface area contributed by atoms with Crippen LogP contribution in [-0.2, 0) is 4.79 Å². The summed E-state index contributed by atoms with van der Waals surface area (Å²) in [5, 5.41) is 2.82. The largest absolute Gasteiger partial charge is 0.350 e. The molecule has 0 aliphatic heterocycles. The van der Waals surface area contributed by atoms with E-state index in [0.717, 1.165) is 12.0 Å². The Kier molecular flexibility index (Phi) is 4.28. The Labute approximate surface area is 89.5 Å². The molecule has 3 heteroatoms. The summed E-state index contributed by atoms with van der Waals surface area (Å²) in [6.07, 6.45) is 1.33. The molecule has 1 atom stereocenters. The number of carbonyl (C=O) groups excluding carboxylic acids is 1. The van der Waals surface area contributed by atoms with Gasteiger partial charge in [0.1, 0.15) is 5.82 Å². The molecule has 0 saturated heterocycles. The molecule has 1 N–H and O–H groups in total. The highest BCUT2D eigenvalue weighted by Crippen LogP contribution is 2.13. The molecule has 0 spiro atoms. The molecule has 1 unspecified atom stereocenters. The van der Waals surface area contributed by atoms with Gasteiger partial charge in [0.25, 0.3) is 0 Å². The van der Waals surface area contributed by atoms with Crippen molar-refractivity contribution in [2.75, 3.05) is 0 Å². The summed E-state index contributed by atoms with van der Waals surface area (Å²) < 4.78 is 12.9. The van der Waals surface area contributed by atoms with Gasteiger partial charge < -0.3 is 5.32 Å². The summed E-state index contributed by atoms with van der Waals surface area (Å²) in [5.41, 5.74) is 0.791. The fraction of sp³-hybridized carbons (Fsp3) is 0.417. The highest BCUT2D eigenvalue weighted by atomic mass is 19.1. The molecule has 0 fully saturated rings. The van der Waals surface area contributed by atoms with Gasteiger partial charge in [0, 0.05) is 6.42 Å². The van der Waals surface area contributed by atoms with Crippen LogP contribution in [-0.4, -0.2) is 5.91 Å². The average molecular weight is 209 g/mol. The lowest BCUT2D eigenvalue weighted by Gasteiger charge is -2.13. The Bertz CT molecular complexity index is 338. The van der Waals surface area contributed by atoms with E-state index in [1.807, 2.05) is 13.8 Å². The predicted molar refractivity (Wildman–Crippen MR) is 57.9 cm³/mol. The van der Waals surface area contributed by atoms with Crippen LogP contribution in [0.2, 0.25) is 0 Å². The lowest BCUT2D eigenvalue weighted by Crippen LogP contribution is -2.26. The highest BCUT2D eigenvalue weighted by Gasteiger charge is 2.08. The van der Waals surface area contributed by atoms with Gasteiger partial charge in [-0.05, 0) is 31.0 Å². The van der Waals surface area contributed by atoms with Gasteiger partial charge in [-0.3, -0.25) is 4.79 Å². The molecule has 0 bridgehead atoms. The third kappa shape index (κ3) is 3.70. The summed E-state index contributed by atoms with van der Waals surface area (Å²) in [6.45, 7) is 3.80. The zero-order valence-corrected chi connectivity index (χ0v) is 9.09. The minimum absolute atomic E-state index is 0.00858. The number of halogens is 1. The summed E-state index contributed by atoms with van der Waals surface area (Å²) in [6, 6.07) is 6.15. The van der Waals surface area contributed by atoms with Crippen LogP contribution in [0.3, 0.4) is 0 Å². The smallest absolute Gasteiger partial charge is 0.220 e. The van der Waals surface area contributed by atoms with Crippen LogP contribution in [0.25, 0.3) is 0 Å². The van der Waals surface area contributed by atoms with Crippen molar-refractivity contribution in [3.05, 3.63) is 35.6 Å². The Morgan fingerprint density at radius 3 is 2.87 bits per heavy atom. The van der Waals surface area contributed by atoms with Crippen LogP contribution < -0.4 is 5.32 Å². The van der Waals surface area contributed by atoms with E-state index < -0.39 is 0 Å². The Morgan fingerprint density at radius 2 is 2.27 bits per heavy atom. The van der Waals surface area contributed by atoms with E-state index >= 15 is 0 Å². The molecule has 0 aromatic heterocycles. The van der Waals surface area contributed by atoms with Gasteiger partial charge in [0.15, 0.2) is 0 Å². The maximum atomic E-state index is 12.9. The molecule has 1 amide bonds. The second-order valence-corrected chi connectivity index (χ2v) is 3.59. The van der Waals surface area contributed by atoms with Gasteiger partial charge in [0.2, 0.25) is 5.91 Å². The zero-order valence-electron chi connectivity index (χ0n) is 9.09. The molecule has 0 aliphatic carbocycles. The van der Waals surface area contributed by atoms with Gasteiger partial charge >= 0.3 is 0 Å². The topological polar surface area (TPSA) is 29.1 Å². The first-order chi connectivity index (χ1) is 7.13. The van der Waals surface area contributed by atoms with Gasteiger partial charge in [-0.2, -0.15) is 0 Å². The standard InChI is InChI=1S/C12H16FNO/c1-3-5-12(15)14-9(2)10-6-4-7-11(13)8-10/h4,6-9H,3,5H2,1-2H3,(H,14,15). The van der Waals surface area contributed by atoms with Crippen molar-refractivity contribution in [3.8, 4) is 0 Å². The number of nitrogens with one attached hydrogen (secondary N) is 1. The number of rotatable bonds is 4. The summed E-state index contributed by atoms with van der Waals surface area (Å²) in [7, 11) is 0. The summed E-state index contributed by atoms with van der Waals surface area (Å²) >= 11 is 0. The minimum Gasteiger partial charge on any atom is -0.350 e. The van der Waals surface area contributed by atoms with Gasteiger partial charge in [-0.15, -0.1) is 0 Å². The van der Waals surface area contributed by atoms with E-state index in [0.29, 0.717) is 6.42 Å². The van der Waals surface area contributed by atoms with Crippen molar-refractivity contribution in [2.24, 2.45) is 0 Å². The second kappa shape index (κ2) is 5.49. The van der Waals surface area contributed by atoms with Crippen molar-refractivity contribution in [1.82, 2.24) is 5.32 Å². The maximum Gasteiger partial charge on any atom is 0.220 e. The van der Waals surface area contributed by atoms with Crippen LogP contribution in [0.15, 0.2) is 24.3 Å².